The standard InChI is InChI=1S/C13H9FIN3/c14-10-2-1-3-12(9(10)7-16)18-13-5-4-8(17)6-11(13)15/h1-6,18H,17H2. The molecule has 0 spiro atoms. The summed E-state index contributed by atoms with van der Waals surface area (Å²) in [7, 11) is 0. The van der Waals surface area contributed by atoms with Gasteiger partial charge in [0.2, 0.25) is 0 Å². The number of nitriles is 1. The molecule has 90 valence electrons. The summed E-state index contributed by atoms with van der Waals surface area (Å²) in [6.07, 6.45) is 0. The van der Waals surface area contributed by atoms with Crippen molar-refractivity contribution in [1.29, 1.82) is 5.26 Å². The molecule has 0 radical (unpaired) electrons. The van der Waals surface area contributed by atoms with Gasteiger partial charge in [0.1, 0.15) is 17.4 Å². The number of nitrogen functional groups attached to an aromatic ring is 1. The molecule has 0 atom stereocenters. The molecule has 2 aromatic rings. The smallest absolute Gasteiger partial charge is 0.143 e. The number of benzene rings is 2. The second-order valence-electron chi connectivity index (χ2n) is 3.64. The average Bonchev–Trinajstić information content (AvgIpc) is 2.33. The van der Waals surface area contributed by atoms with E-state index in [1.807, 2.05) is 6.07 Å². The van der Waals surface area contributed by atoms with Crippen LogP contribution in [0.2, 0.25) is 0 Å². The van der Waals surface area contributed by atoms with E-state index in [1.54, 1.807) is 30.3 Å². The average molecular weight is 353 g/mol. The highest BCUT2D eigenvalue weighted by atomic mass is 127. The van der Waals surface area contributed by atoms with Gasteiger partial charge in [0.25, 0.3) is 0 Å². The number of anilines is 3. The molecule has 0 aliphatic carbocycles. The van der Waals surface area contributed by atoms with Gasteiger partial charge in [-0.25, -0.2) is 4.39 Å². The van der Waals surface area contributed by atoms with Gasteiger partial charge in [0.05, 0.1) is 11.4 Å². The van der Waals surface area contributed by atoms with Crippen molar-refractivity contribution in [1.82, 2.24) is 0 Å². The van der Waals surface area contributed by atoms with E-state index in [2.05, 4.69) is 27.9 Å². The van der Waals surface area contributed by atoms with Crippen LogP contribution in [-0.4, -0.2) is 0 Å². The predicted molar refractivity (Wildman–Crippen MR) is 78.0 cm³/mol. The van der Waals surface area contributed by atoms with Gasteiger partial charge in [0, 0.05) is 9.26 Å². The van der Waals surface area contributed by atoms with Crippen molar-refractivity contribution in [3.63, 3.8) is 0 Å². The maximum absolute atomic E-state index is 13.4. The summed E-state index contributed by atoms with van der Waals surface area (Å²) < 4.78 is 14.3. The summed E-state index contributed by atoms with van der Waals surface area (Å²) in [5.74, 6) is -0.534. The molecule has 5 heteroatoms. The van der Waals surface area contributed by atoms with Gasteiger partial charge >= 0.3 is 0 Å². The van der Waals surface area contributed by atoms with Gasteiger partial charge in [-0.05, 0) is 52.9 Å². The lowest BCUT2D eigenvalue weighted by Gasteiger charge is -2.10. The van der Waals surface area contributed by atoms with Crippen LogP contribution in [0.15, 0.2) is 36.4 Å². The summed E-state index contributed by atoms with van der Waals surface area (Å²) in [6, 6.07) is 11.7. The highest BCUT2D eigenvalue weighted by Gasteiger charge is 2.09. The second kappa shape index (κ2) is 5.23. The Labute approximate surface area is 118 Å². The number of rotatable bonds is 2. The number of hydrogen-bond donors (Lipinski definition) is 2. The highest BCUT2D eigenvalue weighted by Crippen LogP contribution is 2.27. The van der Waals surface area contributed by atoms with E-state index in [1.165, 1.54) is 6.07 Å². The highest BCUT2D eigenvalue weighted by molar-refractivity contribution is 14.1. The Balaban J connectivity index is 2.41. The quantitative estimate of drug-likeness (QED) is 0.640. The molecule has 2 aromatic carbocycles. The number of nitrogens with zero attached hydrogens (tertiary/aromatic N) is 1. The molecule has 0 bridgehead atoms. The van der Waals surface area contributed by atoms with Crippen LogP contribution in [0.1, 0.15) is 5.56 Å². The number of nitrogens with one attached hydrogen (secondary N) is 1. The van der Waals surface area contributed by atoms with Crippen LogP contribution in [-0.2, 0) is 0 Å². The third kappa shape index (κ3) is 2.54. The minimum absolute atomic E-state index is 0.00475. The molecule has 0 aliphatic heterocycles. The van der Waals surface area contributed by atoms with Gasteiger partial charge in [-0.3, -0.25) is 0 Å². The normalized spacial score (nSPS) is 9.83. The molecular formula is C13H9FIN3. The first-order valence-corrected chi connectivity index (χ1v) is 6.20. The number of halogens is 2. The van der Waals surface area contributed by atoms with E-state index in [0.29, 0.717) is 11.4 Å². The van der Waals surface area contributed by atoms with Crippen molar-refractivity contribution < 1.29 is 4.39 Å². The maximum Gasteiger partial charge on any atom is 0.143 e. The summed E-state index contributed by atoms with van der Waals surface area (Å²) in [5, 5.41) is 12.0. The van der Waals surface area contributed by atoms with Crippen LogP contribution < -0.4 is 11.1 Å². The fourth-order valence-electron chi connectivity index (χ4n) is 1.52. The van der Waals surface area contributed by atoms with Gasteiger partial charge in [-0.15, -0.1) is 0 Å². The molecule has 3 N–H and O–H groups in total. The Hall–Kier alpha value is -1.81. The van der Waals surface area contributed by atoms with Crippen molar-refractivity contribution in [2.24, 2.45) is 0 Å². The zero-order valence-corrected chi connectivity index (χ0v) is 11.4. The summed E-state index contributed by atoms with van der Waals surface area (Å²) in [5.41, 5.74) is 7.55. The number of nitrogens with two attached hydrogens (primary N) is 1. The molecular weight excluding hydrogens is 344 g/mol. The lowest BCUT2D eigenvalue weighted by Crippen LogP contribution is -1.98. The van der Waals surface area contributed by atoms with E-state index in [4.69, 9.17) is 11.0 Å². The Morgan fingerprint density at radius 1 is 1.22 bits per heavy atom. The Morgan fingerprint density at radius 3 is 2.67 bits per heavy atom. The lowest BCUT2D eigenvalue weighted by molar-refractivity contribution is 0.624. The predicted octanol–water partition coefficient (Wildman–Crippen LogP) is 3.63. The Morgan fingerprint density at radius 2 is 2.00 bits per heavy atom. The molecule has 0 saturated heterocycles. The summed E-state index contributed by atoms with van der Waals surface area (Å²) in [4.78, 5) is 0. The molecule has 0 fully saturated rings. The van der Waals surface area contributed by atoms with Gasteiger partial charge in [-0.1, -0.05) is 6.07 Å². The monoisotopic (exact) mass is 353 g/mol. The van der Waals surface area contributed by atoms with Crippen molar-refractivity contribution >= 4 is 39.7 Å². The van der Waals surface area contributed by atoms with Crippen molar-refractivity contribution in [2.45, 2.75) is 0 Å². The van der Waals surface area contributed by atoms with Crippen LogP contribution in [0.4, 0.5) is 21.5 Å². The minimum Gasteiger partial charge on any atom is -0.399 e. The van der Waals surface area contributed by atoms with Crippen molar-refractivity contribution in [2.75, 3.05) is 11.1 Å². The van der Waals surface area contributed by atoms with Crippen molar-refractivity contribution in [3.8, 4) is 6.07 Å². The van der Waals surface area contributed by atoms with E-state index in [-0.39, 0.29) is 5.56 Å². The molecule has 0 unspecified atom stereocenters. The molecule has 0 heterocycles. The fourth-order valence-corrected chi connectivity index (χ4v) is 2.19. The zero-order valence-electron chi connectivity index (χ0n) is 9.24. The van der Waals surface area contributed by atoms with Crippen LogP contribution in [0.5, 0.6) is 0 Å². The second-order valence-corrected chi connectivity index (χ2v) is 4.80. The lowest BCUT2D eigenvalue weighted by atomic mass is 10.1. The van der Waals surface area contributed by atoms with E-state index in [9.17, 15) is 4.39 Å². The van der Waals surface area contributed by atoms with Crippen LogP contribution >= 0.6 is 22.6 Å². The third-order valence-corrected chi connectivity index (χ3v) is 3.28. The maximum atomic E-state index is 13.4. The zero-order chi connectivity index (χ0) is 13.1. The van der Waals surface area contributed by atoms with Gasteiger partial charge in [-0.2, -0.15) is 5.26 Å². The van der Waals surface area contributed by atoms with Crippen LogP contribution in [0.25, 0.3) is 0 Å². The number of hydrogen-bond acceptors (Lipinski definition) is 3. The van der Waals surface area contributed by atoms with Gasteiger partial charge < -0.3 is 11.1 Å². The molecule has 3 nitrogen and oxygen atoms in total. The first-order valence-electron chi connectivity index (χ1n) is 5.12. The van der Waals surface area contributed by atoms with Gasteiger partial charge in [0.15, 0.2) is 0 Å². The molecule has 0 saturated carbocycles. The van der Waals surface area contributed by atoms with E-state index < -0.39 is 5.82 Å². The van der Waals surface area contributed by atoms with Crippen LogP contribution in [0, 0.1) is 20.7 Å². The van der Waals surface area contributed by atoms with E-state index in [0.717, 1.165) is 9.26 Å². The summed E-state index contributed by atoms with van der Waals surface area (Å²) in [6.45, 7) is 0. The first kappa shape index (κ1) is 12.6. The Bertz CT molecular complexity index is 635. The first-order chi connectivity index (χ1) is 8.61. The van der Waals surface area contributed by atoms with E-state index >= 15 is 0 Å². The SMILES string of the molecule is N#Cc1c(F)cccc1Nc1ccc(N)cc1I. The molecule has 2 rings (SSSR count). The third-order valence-electron chi connectivity index (χ3n) is 2.39. The fraction of sp³-hybridized carbons (Fsp3) is 0. The topological polar surface area (TPSA) is 61.8 Å². The molecule has 0 aliphatic rings. The van der Waals surface area contributed by atoms with Crippen LogP contribution in [0.3, 0.4) is 0 Å². The largest absolute Gasteiger partial charge is 0.399 e. The molecule has 18 heavy (non-hydrogen) atoms. The Kier molecular flexibility index (Phi) is 3.67. The molecule has 0 amide bonds. The van der Waals surface area contributed by atoms with Crippen molar-refractivity contribution in [3.05, 3.63) is 51.3 Å². The summed E-state index contributed by atoms with van der Waals surface area (Å²) >= 11 is 2.13. The minimum atomic E-state index is -0.534. The molecule has 0 aromatic heterocycles.